The Morgan fingerprint density at radius 3 is 3.08 bits per heavy atom. The minimum atomic E-state index is -0.106. The molecule has 0 spiro atoms. The molecule has 1 fully saturated rings. The molecule has 1 aromatic carbocycles. The number of methoxy groups -OCH3 is 1. The zero-order valence-corrected chi connectivity index (χ0v) is 16.5. The lowest BCUT2D eigenvalue weighted by Crippen LogP contribution is -2.22. The molecule has 0 aliphatic carbocycles. The van der Waals surface area contributed by atoms with Crippen molar-refractivity contribution >= 4 is 44.9 Å². The van der Waals surface area contributed by atoms with Gasteiger partial charge in [0.05, 0.1) is 28.3 Å². The standard InChI is InChI=1S/C18H24N2O3S2/c1-18(2,22-3)7-9-24-17-20-14-5-4-13(10-15(14)25-17)19-16(21)12-6-8-23-11-12/h4-5,10,12H,6-9,11H2,1-3H3,(H,19,21). The van der Waals surface area contributed by atoms with E-state index in [-0.39, 0.29) is 17.4 Å². The molecule has 25 heavy (non-hydrogen) atoms. The Labute approximate surface area is 156 Å². The largest absolute Gasteiger partial charge is 0.381 e. The van der Waals surface area contributed by atoms with Crippen LogP contribution in [-0.4, -0.2) is 42.6 Å². The predicted octanol–water partition coefficient (Wildman–Crippen LogP) is 4.18. The van der Waals surface area contributed by atoms with Crippen LogP contribution in [-0.2, 0) is 14.3 Å². The highest BCUT2D eigenvalue weighted by Crippen LogP contribution is 2.32. The van der Waals surface area contributed by atoms with Gasteiger partial charge >= 0.3 is 0 Å². The highest BCUT2D eigenvalue weighted by Gasteiger charge is 2.23. The van der Waals surface area contributed by atoms with Crippen LogP contribution in [0.4, 0.5) is 5.69 Å². The van der Waals surface area contributed by atoms with Crippen LogP contribution in [0.15, 0.2) is 22.5 Å². The lowest BCUT2D eigenvalue weighted by molar-refractivity contribution is -0.119. The van der Waals surface area contributed by atoms with Crippen LogP contribution >= 0.6 is 23.1 Å². The van der Waals surface area contributed by atoms with Crippen molar-refractivity contribution in [3.63, 3.8) is 0 Å². The monoisotopic (exact) mass is 380 g/mol. The summed E-state index contributed by atoms with van der Waals surface area (Å²) in [6, 6.07) is 5.89. The number of hydrogen-bond acceptors (Lipinski definition) is 6. The summed E-state index contributed by atoms with van der Waals surface area (Å²) in [4.78, 5) is 16.9. The van der Waals surface area contributed by atoms with Crippen molar-refractivity contribution in [3.8, 4) is 0 Å². The number of aromatic nitrogens is 1. The average molecular weight is 381 g/mol. The summed E-state index contributed by atoms with van der Waals surface area (Å²) < 4.78 is 12.9. The molecule has 1 saturated heterocycles. The summed E-state index contributed by atoms with van der Waals surface area (Å²) in [7, 11) is 1.75. The SMILES string of the molecule is COC(C)(C)CCSc1nc2ccc(NC(=O)C3CCOC3)cc2s1. The fraction of sp³-hybridized carbons (Fsp3) is 0.556. The van der Waals surface area contributed by atoms with Gasteiger partial charge in [-0.1, -0.05) is 11.8 Å². The Hall–Kier alpha value is -1.15. The number of nitrogens with one attached hydrogen (secondary N) is 1. The molecule has 5 nitrogen and oxygen atoms in total. The van der Waals surface area contributed by atoms with Crippen molar-refractivity contribution in [1.82, 2.24) is 4.98 Å². The first-order valence-corrected chi connectivity index (χ1v) is 10.2. The highest BCUT2D eigenvalue weighted by atomic mass is 32.2. The third-order valence-electron chi connectivity index (χ3n) is 4.42. The maximum absolute atomic E-state index is 12.2. The Balaban J connectivity index is 1.62. The minimum Gasteiger partial charge on any atom is -0.381 e. The number of thiazole rings is 1. The summed E-state index contributed by atoms with van der Waals surface area (Å²) >= 11 is 3.42. The second-order valence-electron chi connectivity index (χ2n) is 6.77. The maximum Gasteiger partial charge on any atom is 0.229 e. The van der Waals surface area contributed by atoms with Gasteiger partial charge in [-0.2, -0.15) is 0 Å². The van der Waals surface area contributed by atoms with Gasteiger partial charge in [-0.15, -0.1) is 11.3 Å². The van der Waals surface area contributed by atoms with E-state index in [0.717, 1.165) is 38.8 Å². The zero-order chi connectivity index (χ0) is 17.9. The number of thioether (sulfide) groups is 1. The number of carbonyl (C=O) groups excluding carboxylic acids is 1. The molecule has 2 aromatic rings. The topological polar surface area (TPSA) is 60.5 Å². The molecule has 136 valence electrons. The van der Waals surface area contributed by atoms with E-state index in [1.807, 2.05) is 18.2 Å². The molecule has 0 radical (unpaired) electrons. The van der Waals surface area contributed by atoms with Crippen LogP contribution in [0.3, 0.4) is 0 Å². The van der Waals surface area contributed by atoms with Crippen LogP contribution in [0.1, 0.15) is 26.7 Å². The van der Waals surface area contributed by atoms with E-state index in [4.69, 9.17) is 9.47 Å². The van der Waals surface area contributed by atoms with E-state index in [9.17, 15) is 4.79 Å². The van der Waals surface area contributed by atoms with Crippen molar-refractivity contribution in [2.24, 2.45) is 5.92 Å². The Morgan fingerprint density at radius 2 is 2.36 bits per heavy atom. The average Bonchev–Trinajstić information content (AvgIpc) is 3.23. The molecule has 1 aliphatic rings. The van der Waals surface area contributed by atoms with Gasteiger partial charge in [0.1, 0.15) is 0 Å². The van der Waals surface area contributed by atoms with Crippen molar-refractivity contribution in [3.05, 3.63) is 18.2 Å². The van der Waals surface area contributed by atoms with Gasteiger partial charge in [-0.05, 0) is 44.9 Å². The molecule has 1 aliphatic heterocycles. The Bertz CT molecular complexity index is 739. The number of amides is 1. The van der Waals surface area contributed by atoms with Gasteiger partial charge < -0.3 is 14.8 Å². The first-order chi connectivity index (χ1) is 12.0. The summed E-state index contributed by atoms with van der Waals surface area (Å²) in [6.07, 6.45) is 1.77. The van der Waals surface area contributed by atoms with Crippen molar-refractivity contribution in [2.45, 2.75) is 36.6 Å². The van der Waals surface area contributed by atoms with E-state index in [0.29, 0.717) is 13.2 Å². The number of anilines is 1. The third kappa shape index (κ3) is 4.94. The number of ether oxygens (including phenoxy) is 2. The normalized spacial score (nSPS) is 18.0. The fourth-order valence-corrected chi connectivity index (χ4v) is 4.94. The van der Waals surface area contributed by atoms with E-state index < -0.39 is 0 Å². The van der Waals surface area contributed by atoms with Crippen molar-refractivity contribution in [1.29, 1.82) is 0 Å². The van der Waals surface area contributed by atoms with E-state index in [1.54, 1.807) is 30.2 Å². The molecule has 1 aromatic heterocycles. The molecule has 1 N–H and O–H groups in total. The molecule has 1 amide bonds. The van der Waals surface area contributed by atoms with Gasteiger partial charge in [0.25, 0.3) is 0 Å². The molecule has 1 unspecified atom stereocenters. The smallest absolute Gasteiger partial charge is 0.229 e. The number of nitrogens with zero attached hydrogens (tertiary/aromatic N) is 1. The fourth-order valence-electron chi connectivity index (χ4n) is 2.51. The molecule has 3 rings (SSSR count). The summed E-state index contributed by atoms with van der Waals surface area (Å²) in [5.41, 5.74) is 1.69. The number of rotatable bonds is 7. The number of carbonyl (C=O) groups is 1. The molecule has 1 atom stereocenters. The minimum absolute atomic E-state index is 0.0348. The summed E-state index contributed by atoms with van der Waals surface area (Å²) in [5, 5.41) is 2.99. The molecule has 7 heteroatoms. The van der Waals surface area contributed by atoms with Gasteiger partial charge in [0, 0.05) is 25.2 Å². The van der Waals surface area contributed by atoms with Gasteiger partial charge in [0.15, 0.2) is 4.34 Å². The van der Waals surface area contributed by atoms with E-state index >= 15 is 0 Å². The van der Waals surface area contributed by atoms with Crippen molar-refractivity contribution < 1.29 is 14.3 Å². The molecule has 0 saturated carbocycles. The van der Waals surface area contributed by atoms with Gasteiger partial charge in [-0.25, -0.2) is 4.98 Å². The third-order valence-corrected chi connectivity index (χ3v) is 6.58. The second-order valence-corrected chi connectivity index (χ2v) is 9.15. The van der Waals surface area contributed by atoms with Gasteiger partial charge in [-0.3, -0.25) is 4.79 Å². The Morgan fingerprint density at radius 1 is 1.52 bits per heavy atom. The summed E-state index contributed by atoms with van der Waals surface area (Å²) in [6.45, 7) is 5.38. The van der Waals surface area contributed by atoms with Crippen LogP contribution in [0.5, 0.6) is 0 Å². The molecule has 0 bridgehead atoms. The Kier molecular flexibility index (Phi) is 5.99. The van der Waals surface area contributed by atoms with E-state index in [2.05, 4.69) is 24.1 Å². The highest BCUT2D eigenvalue weighted by molar-refractivity contribution is 8.01. The second kappa shape index (κ2) is 8.03. The van der Waals surface area contributed by atoms with Crippen LogP contribution in [0, 0.1) is 5.92 Å². The quantitative estimate of drug-likeness (QED) is 0.730. The van der Waals surface area contributed by atoms with Crippen molar-refractivity contribution in [2.75, 3.05) is 31.4 Å². The maximum atomic E-state index is 12.2. The van der Waals surface area contributed by atoms with Crippen LogP contribution in [0.25, 0.3) is 10.2 Å². The zero-order valence-electron chi connectivity index (χ0n) is 14.8. The predicted molar refractivity (Wildman–Crippen MR) is 104 cm³/mol. The number of fused-ring (bicyclic) bond motifs is 1. The molecular weight excluding hydrogens is 356 g/mol. The van der Waals surface area contributed by atoms with Gasteiger partial charge in [0.2, 0.25) is 5.91 Å². The van der Waals surface area contributed by atoms with Crippen LogP contribution in [0.2, 0.25) is 0 Å². The molecular formula is C18H24N2O3S2. The lowest BCUT2D eigenvalue weighted by Gasteiger charge is -2.21. The first kappa shape index (κ1) is 18.6. The van der Waals surface area contributed by atoms with E-state index in [1.165, 1.54) is 0 Å². The summed E-state index contributed by atoms with van der Waals surface area (Å²) in [5.74, 6) is 0.969. The lowest BCUT2D eigenvalue weighted by atomic mass is 10.1. The first-order valence-electron chi connectivity index (χ1n) is 8.44. The van der Waals surface area contributed by atoms with Crippen LogP contribution < -0.4 is 5.32 Å². The number of hydrogen-bond donors (Lipinski definition) is 1. The number of benzene rings is 1. The molecule has 2 heterocycles.